The molecule has 0 saturated heterocycles. The number of nitrogens with two attached hydrogens (primary N) is 1. The zero-order chi connectivity index (χ0) is 11.7. The molecule has 0 unspecified atom stereocenters. The normalized spacial score (nSPS) is 10.8. The fourth-order valence-electron chi connectivity index (χ4n) is 1.52. The van der Waals surface area contributed by atoms with Crippen LogP contribution in [0.5, 0.6) is 0 Å². The van der Waals surface area contributed by atoms with E-state index in [4.69, 9.17) is 17.3 Å². The van der Waals surface area contributed by atoms with Gasteiger partial charge in [-0.2, -0.15) is 0 Å². The zero-order valence-electron chi connectivity index (χ0n) is 8.74. The summed E-state index contributed by atoms with van der Waals surface area (Å²) in [4.78, 5) is 4.48. The summed E-state index contributed by atoms with van der Waals surface area (Å²) >= 11 is 9.31. The predicted molar refractivity (Wildman–Crippen MR) is 69.2 cm³/mol. The number of nitrogens with zero attached hydrogens (tertiary/aromatic N) is 2. The first-order valence-corrected chi connectivity index (χ1v) is 5.97. The molecule has 2 N–H and O–H groups in total. The maximum Gasteiger partial charge on any atom is 0.140 e. The molecule has 0 spiro atoms. The maximum atomic E-state index is 5.85. The van der Waals surface area contributed by atoms with Gasteiger partial charge in [0.25, 0.3) is 0 Å². The first kappa shape index (κ1) is 11.6. The van der Waals surface area contributed by atoms with Crippen LogP contribution >= 0.6 is 27.5 Å². The van der Waals surface area contributed by atoms with Crippen molar-refractivity contribution in [1.82, 2.24) is 9.55 Å². The fourth-order valence-corrected chi connectivity index (χ4v) is 2.07. The van der Waals surface area contributed by atoms with Crippen molar-refractivity contribution in [2.75, 3.05) is 0 Å². The molecule has 5 heteroatoms. The summed E-state index contributed by atoms with van der Waals surface area (Å²) in [6, 6.07) is 7.58. The molecule has 1 aromatic carbocycles. The number of rotatable bonds is 2. The molecule has 16 heavy (non-hydrogen) atoms. The molecule has 1 aromatic heterocycles. The number of imidazole rings is 1. The zero-order valence-corrected chi connectivity index (χ0v) is 11.1. The standard InChI is InChI=1S/C11H11BrClN3/c1-16-10(12)9(6-14)15-11(16)7-2-4-8(13)5-3-7/h2-5H,6,14H2,1H3. The van der Waals surface area contributed by atoms with Gasteiger partial charge in [0.05, 0.1) is 5.69 Å². The highest BCUT2D eigenvalue weighted by Crippen LogP contribution is 2.25. The van der Waals surface area contributed by atoms with Gasteiger partial charge in [-0.1, -0.05) is 11.6 Å². The van der Waals surface area contributed by atoms with Crippen LogP contribution in [0.25, 0.3) is 11.4 Å². The van der Waals surface area contributed by atoms with Gasteiger partial charge in [0, 0.05) is 24.2 Å². The molecular formula is C11H11BrClN3. The number of hydrogen-bond acceptors (Lipinski definition) is 2. The topological polar surface area (TPSA) is 43.8 Å². The van der Waals surface area contributed by atoms with E-state index in [0.29, 0.717) is 6.54 Å². The van der Waals surface area contributed by atoms with Gasteiger partial charge in [0.1, 0.15) is 10.4 Å². The molecule has 0 bridgehead atoms. The van der Waals surface area contributed by atoms with E-state index in [1.165, 1.54) is 0 Å². The minimum absolute atomic E-state index is 0.419. The lowest BCUT2D eigenvalue weighted by Gasteiger charge is -2.02. The van der Waals surface area contributed by atoms with E-state index in [-0.39, 0.29) is 0 Å². The van der Waals surface area contributed by atoms with Crippen LogP contribution in [0.4, 0.5) is 0 Å². The lowest BCUT2D eigenvalue weighted by Crippen LogP contribution is -1.97. The lowest BCUT2D eigenvalue weighted by atomic mass is 10.2. The molecule has 2 aromatic rings. The molecule has 0 atom stereocenters. The van der Waals surface area contributed by atoms with E-state index in [1.54, 1.807) is 0 Å². The number of benzene rings is 1. The van der Waals surface area contributed by atoms with E-state index in [9.17, 15) is 0 Å². The largest absolute Gasteiger partial charge is 0.325 e. The average molecular weight is 301 g/mol. The Labute approximate surface area is 107 Å². The average Bonchev–Trinajstić information content (AvgIpc) is 2.57. The Balaban J connectivity index is 2.52. The van der Waals surface area contributed by atoms with Crippen molar-refractivity contribution in [2.24, 2.45) is 12.8 Å². The molecular weight excluding hydrogens is 289 g/mol. The van der Waals surface area contributed by atoms with Gasteiger partial charge < -0.3 is 10.3 Å². The van der Waals surface area contributed by atoms with Gasteiger partial charge in [0.2, 0.25) is 0 Å². The van der Waals surface area contributed by atoms with Crippen LogP contribution in [0.3, 0.4) is 0 Å². The lowest BCUT2D eigenvalue weighted by molar-refractivity contribution is 0.893. The van der Waals surface area contributed by atoms with E-state index >= 15 is 0 Å². The van der Waals surface area contributed by atoms with Crippen LogP contribution in [0.1, 0.15) is 5.69 Å². The Morgan fingerprint density at radius 2 is 2.00 bits per heavy atom. The minimum Gasteiger partial charge on any atom is -0.325 e. The Hall–Kier alpha value is -0.840. The van der Waals surface area contributed by atoms with Gasteiger partial charge in [-0.15, -0.1) is 0 Å². The third kappa shape index (κ3) is 2.00. The van der Waals surface area contributed by atoms with Gasteiger partial charge in [-0.3, -0.25) is 0 Å². The van der Waals surface area contributed by atoms with Gasteiger partial charge in [-0.05, 0) is 40.2 Å². The van der Waals surface area contributed by atoms with E-state index < -0.39 is 0 Å². The van der Waals surface area contributed by atoms with Gasteiger partial charge in [-0.25, -0.2) is 4.98 Å². The van der Waals surface area contributed by atoms with Crippen molar-refractivity contribution in [2.45, 2.75) is 6.54 Å². The Morgan fingerprint density at radius 3 is 2.50 bits per heavy atom. The highest BCUT2D eigenvalue weighted by molar-refractivity contribution is 9.10. The van der Waals surface area contributed by atoms with Crippen molar-refractivity contribution in [3.8, 4) is 11.4 Å². The molecule has 3 nitrogen and oxygen atoms in total. The molecule has 0 radical (unpaired) electrons. The van der Waals surface area contributed by atoms with E-state index in [2.05, 4.69) is 20.9 Å². The first-order valence-electron chi connectivity index (χ1n) is 4.80. The summed E-state index contributed by atoms with van der Waals surface area (Å²) in [5.74, 6) is 0.879. The molecule has 84 valence electrons. The Bertz CT molecular complexity index is 505. The number of aromatic nitrogens is 2. The third-order valence-electron chi connectivity index (χ3n) is 2.39. The monoisotopic (exact) mass is 299 g/mol. The van der Waals surface area contributed by atoms with Crippen molar-refractivity contribution in [3.05, 3.63) is 39.6 Å². The molecule has 0 fully saturated rings. The first-order chi connectivity index (χ1) is 7.63. The maximum absolute atomic E-state index is 5.85. The summed E-state index contributed by atoms with van der Waals surface area (Å²) in [5.41, 5.74) is 7.48. The molecule has 0 aliphatic rings. The SMILES string of the molecule is Cn1c(-c2ccc(Cl)cc2)nc(CN)c1Br. The second kappa shape index (κ2) is 4.57. The van der Waals surface area contributed by atoms with Crippen molar-refractivity contribution >= 4 is 27.5 Å². The van der Waals surface area contributed by atoms with Crippen LogP contribution in [0.2, 0.25) is 5.02 Å². The fraction of sp³-hybridized carbons (Fsp3) is 0.182. The molecule has 0 saturated carbocycles. The Morgan fingerprint density at radius 1 is 1.38 bits per heavy atom. The summed E-state index contributed by atoms with van der Waals surface area (Å²) in [7, 11) is 1.94. The number of halogens is 2. The van der Waals surface area contributed by atoms with Crippen LogP contribution in [0.15, 0.2) is 28.9 Å². The van der Waals surface area contributed by atoms with Crippen molar-refractivity contribution < 1.29 is 0 Å². The highest BCUT2D eigenvalue weighted by Gasteiger charge is 2.12. The van der Waals surface area contributed by atoms with Crippen molar-refractivity contribution in [1.29, 1.82) is 0 Å². The van der Waals surface area contributed by atoms with Gasteiger partial charge >= 0.3 is 0 Å². The van der Waals surface area contributed by atoms with Gasteiger partial charge in [0.15, 0.2) is 0 Å². The minimum atomic E-state index is 0.419. The van der Waals surface area contributed by atoms with Crippen LogP contribution in [-0.4, -0.2) is 9.55 Å². The highest BCUT2D eigenvalue weighted by atomic mass is 79.9. The van der Waals surface area contributed by atoms with Crippen LogP contribution < -0.4 is 5.73 Å². The second-order valence-electron chi connectivity index (χ2n) is 3.44. The third-order valence-corrected chi connectivity index (χ3v) is 3.63. The summed E-state index contributed by atoms with van der Waals surface area (Å²) in [5, 5.41) is 0.719. The summed E-state index contributed by atoms with van der Waals surface area (Å²) in [6.45, 7) is 0.419. The van der Waals surface area contributed by atoms with E-state index in [1.807, 2.05) is 35.9 Å². The van der Waals surface area contributed by atoms with Crippen molar-refractivity contribution in [3.63, 3.8) is 0 Å². The molecule has 2 rings (SSSR count). The summed E-state index contributed by atoms with van der Waals surface area (Å²) < 4.78 is 2.88. The number of hydrogen-bond donors (Lipinski definition) is 1. The van der Waals surface area contributed by atoms with Crippen LogP contribution in [0, 0.1) is 0 Å². The Kier molecular flexibility index (Phi) is 3.33. The summed E-state index contributed by atoms with van der Waals surface area (Å²) in [6.07, 6.45) is 0. The smallest absolute Gasteiger partial charge is 0.140 e. The molecule has 0 amide bonds. The molecule has 0 aliphatic heterocycles. The predicted octanol–water partition coefficient (Wildman–Crippen LogP) is 2.96. The van der Waals surface area contributed by atoms with E-state index in [0.717, 1.165) is 26.7 Å². The molecule has 1 heterocycles. The second-order valence-corrected chi connectivity index (χ2v) is 4.63. The van der Waals surface area contributed by atoms with Crippen LogP contribution in [-0.2, 0) is 13.6 Å². The quantitative estimate of drug-likeness (QED) is 0.926. The molecule has 0 aliphatic carbocycles.